The van der Waals surface area contributed by atoms with Crippen molar-refractivity contribution in [3.63, 3.8) is 0 Å². The molecule has 2 saturated heterocycles. The lowest BCUT2D eigenvalue weighted by molar-refractivity contribution is 0.205. The minimum atomic E-state index is 0.806. The zero-order chi connectivity index (χ0) is 10.5. The third-order valence-corrected chi connectivity index (χ3v) is 4.92. The first-order chi connectivity index (χ1) is 7.36. The quantitative estimate of drug-likeness (QED) is 0.793. The maximum atomic E-state index is 3.51. The van der Waals surface area contributed by atoms with Gasteiger partial charge in [0.2, 0.25) is 0 Å². The largest absolute Gasteiger partial charge is 0.316 e. The second kappa shape index (κ2) is 6.12. The summed E-state index contributed by atoms with van der Waals surface area (Å²) in [6.45, 7) is 7.52. The van der Waals surface area contributed by atoms with E-state index in [1.165, 1.54) is 56.9 Å². The van der Waals surface area contributed by atoms with E-state index in [-0.39, 0.29) is 0 Å². The van der Waals surface area contributed by atoms with Gasteiger partial charge in [-0.15, -0.1) is 0 Å². The molecule has 0 bridgehead atoms. The summed E-state index contributed by atoms with van der Waals surface area (Å²) in [5.74, 6) is 3.62. The maximum Gasteiger partial charge on any atom is 0.0158 e. The van der Waals surface area contributed by atoms with Gasteiger partial charge in [-0.3, -0.25) is 4.90 Å². The third-order valence-electron chi connectivity index (χ3n) is 3.73. The molecule has 2 rings (SSSR count). The van der Waals surface area contributed by atoms with Crippen LogP contribution in [0, 0.1) is 5.92 Å². The van der Waals surface area contributed by atoms with E-state index in [1.807, 2.05) is 0 Å². The summed E-state index contributed by atoms with van der Waals surface area (Å²) in [4.78, 5) is 2.69. The van der Waals surface area contributed by atoms with Crippen molar-refractivity contribution in [2.45, 2.75) is 32.2 Å². The third kappa shape index (κ3) is 3.65. The highest BCUT2D eigenvalue weighted by Gasteiger charge is 2.20. The summed E-state index contributed by atoms with van der Waals surface area (Å²) in [5.41, 5.74) is 0. The van der Waals surface area contributed by atoms with Gasteiger partial charge in [0, 0.05) is 24.1 Å². The summed E-state index contributed by atoms with van der Waals surface area (Å²) in [6.07, 6.45) is 4.24. The molecule has 15 heavy (non-hydrogen) atoms. The van der Waals surface area contributed by atoms with Crippen molar-refractivity contribution in [3.8, 4) is 0 Å². The zero-order valence-electron chi connectivity index (χ0n) is 9.87. The molecular weight excluding hydrogens is 204 g/mol. The van der Waals surface area contributed by atoms with Gasteiger partial charge in [0.05, 0.1) is 0 Å². The second-order valence-corrected chi connectivity index (χ2v) is 6.11. The van der Waals surface area contributed by atoms with E-state index in [0.717, 1.165) is 12.0 Å². The summed E-state index contributed by atoms with van der Waals surface area (Å²) in [6, 6.07) is 0.806. The van der Waals surface area contributed by atoms with E-state index in [9.17, 15) is 0 Å². The first-order valence-corrected chi connectivity index (χ1v) is 7.54. The Labute approximate surface area is 98.2 Å². The predicted molar refractivity (Wildman–Crippen MR) is 68.6 cm³/mol. The van der Waals surface area contributed by atoms with Gasteiger partial charge < -0.3 is 5.32 Å². The molecule has 3 heteroatoms. The summed E-state index contributed by atoms with van der Waals surface area (Å²) >= 11 is 2.11. The van der Waals surface area contributed by atoms with Crippen molar-refractivity contribution >= 4 is 11.8 Å². The second-order valence-electron chi connectivity index (χ2n) is 4.96. The van der Waals surface area contributed by atoms with Gasteiger partial charge in [-0.1, -0.05) is 0 Å². The standard InChI is InChI=1S/C12H24N2S/c1-11-10-15-8-7-14(11)6-4-12-3-2-5-13-9-12/h11-13H,2-10H2,1H3. The molecule has 0 saturated carbocycles. The lowest BCUT2D eigenvalue weighted by atomic mass is 9.96. The topological polar surface area (TPSA) is 15.3 Å². The molecule has 0 aromatic heterocycles. The number of rotatable bonds is 3. The Morgan fingerprint density at radius 3 is 3.13 bits per heavy atom. The molecule has 2 heterocycles. The predicted octanol–water partition coefficient (Wildman–Crippen LogP) is 1.81. The maximum absolute atomic E-state index is 3.51. The van der Waals surface area contributed by atoms with Crippen LogP contribution < -0.4 is 5.32 Å². The van der Waals surface area contributed by atoms with E-state index < -0.39 is 0 Å². The van der Waals surface area contributed by atoms with Crippen LogP contribution in [0.3, 0.4) is 0 Å². The highest BCUT2D eigenvalue weighted by atomic mass is 32.2. The number of nitrogens with zero attached hydrogens (tertiary/aromatic N) is 1. The van der Waals surface area contributed by atoms with Gasteiger partial charge >= 0.3 is 0 Å². The van der Waals surface area contributed by atoms with Crippen molar-refractivity contribution in [3.05, 3.63) is 0 Å². The SMILES string of the molecule is CC1CSCCN1CCC1CCCNC1. The van der Waals surface area contributed by atoms with E-state index in [4.69, 9.17) is 0 Å². The van der Waals surface area contributed by atoms with Gasteiger partial charge in [0.15, 0.2) is 0 Å². The van der Waals surface area contributed by atoms with E-state index >= 15 is 0 Å². The van der Waals surface area contributed by atoms with Crippen LogP contribution in [0.25, 0.3) is 0 Å². The Bertz CT molecular complexity index is 180. The average molecular weight is 228 g/mol. The van der Waals surface area contributed by atoms with Gasteiger partial charge in [0.25, 0.3) is 0 Å². The number of hydrogen-bond donors (Lipinski definition) is 1. The minimum Gasteiger partial charge on any atom is -0.316 e. The van der Waals surface area contributed by atoms with Crippen molar-refractivity contribution in [1.29, 1.82) is 0 Å². The van der Waals surface area contributed by atoms with Crippen LogP contribution in [-0.2, 0) is 0 Å². The molecule has 0 aliphatic carbocycles. The van der Waals surface area contributed by atoms with Crippen molar-refractivity contribution < 1.29 is 0 Å². The molecule has 2 nitrogen and oxygen atoms in total. The molecule has 1 N–H and O–H groups in total. The molecule has 2 fully saturated rings. The van der Waals surface area contributed by atoms with E-state index in [2.05, 4.69) is 28.9 Å². The van der Waals surface area contributed by atoms with Crippen LogP contribution in [0.1, 0.15) is 26.2 Å². The number of piperidine rings is 1. The molecule has 0 aromatic carbocycles. The van der Waals surface area contributed by atoms with Crippen molar-refractivity contribution in [1.82, 2.24) is 10.2 Å². The number of hydrogen-bond acceptors (Lipinski definition) is 3. The fraction of sp³-hybridized carbons (Fsp3) is 1.00. The molecule has 2 atom stereocenters. The highest BCUT2D eigenvalue weighted by molar-refractivity contribution is 7.99. The van der Waals surface area contributed by atoms with Gasteiger partial charge in [-0.05, 0) is 51.7 Å². The van der Waals surface area contributed by atoms with Crippen LogP contribution in [0.5, 0.6) is 0 Å². The van der Waals surface area contributed by atoms with E-state index in [0.29, 0.717) is 0 Å². The average Bonchev–Trinajstić information content (AvgIpc) is 2.29. The van der Waals surface area contributed by atoms with Crippen LogP contribution in [0.4, 0.5) is 0 Å². The highest BCUT2D eigenvalue weighted by Crippen LogP contribution is 2.19. The van der Waals surface area contributed by atoms with Gasteiger partial charge in [-0.25, -0.2) is 0 Å². The Morgan fingerprint density at radius 1 is 1.47 bits per heavy atom. The van der Waals surface area contributed by atoms with Crippen LogP contribution in [-0.4, -0.2) is 48.6 Å². The van der Waals surface area contributed by atoms with Crippen molar-refractivity contribution in [2.24, 2.45) is 5.92 Å². The smallest absolute Gasteiger partial charge is 0.0158 e. The Morgan fingerprint density at radius 2 is 2.40 bits per heavy atom. The van der Waals surface area contributed by atoms with Gasteiger partial charge in [0.1, 0.15) is 0 Å². The first kappa shape index (κ1) is 11.7. The van der Waals surface area contributed by atoms with Crippen molar-refractivity contribution in [2.75, 3.05) is 37.7 Å². The number of nitrogens with one attached hydrogen (secondary N) is 1. The first-order valence-electron chi connectivity index (χ1n) is 6.39. The van der Waals surface area contributed by atoms with Gasteiger partial charge in [-0.2, -0.15) is 11.8 Å². The Hall–Kier alpha value is 0.270. The summed E-state index contributed by atoms with van der Waals surface area (Å²) in [5, 5.41) is 3.51. The molecule has 2 unspecified atom stereocenters. The lowest BCUT2D eigenvalue weighted by Crippen LogP contribution is -2.42. The van der Waals surface area contributed by atoms with Crippen LogP contribution >= 0.6 is 11.8 Å². The minimum absolute atomic E-state index is 0.806. The Kier molecular flexibility index (Phi) is 4.79. The summed E-state index contributed by atoms with van der Waals surface area (Å²) in [7, 11) is 0. The van der Waals surface area contributed by atoms with E-state index in [1.54, 1.807) is 0 Å². The normalized spacial score (nSPS) is 34.2. The molecular formula is C12H24N2S. The fourth-order valence-corrected chi connectivity index (χ4v) is 3.69. The fourth-order valence-electron chi connectivity index (χ4n) is 2.61. The van der Waals surface area contributed by atoms with Crippen LogP contribution in [0.2, 0.25) is 0 Å². The van der Waals surface area contributed by atoms with Crippen LogP contribution in [0.15, 0.2) is 0 Å². The molecule has 0 amide bonds. The lowest BCUT2D eigenvalue weighted by Gasteiger charge is -2.34. The zero-order valence-corrected chi connectivity index (χ0v) is 10.7. The molecule has 2 aliphatic rings. The molecule has 2 aliphatic heterocycles. The molecule has 0 radical (unpaired) electrons. The molecule has 0 aromatic rings. The molecule has 0 spiro atoms. The Balaban J connectivity index is 1.67. The monoisotopic (exact) mass is 228 g/mol. The number of thioether (sulfide) groups is 1. The summed E-state index contributed by atoms with van der Waals surface area (Å²) < 4.78 is 0. The molecule has 88 valence electrons.